The molecule has 4 aromatic rings. The van der Waals surface area contributed by atoms with E-state index in [0.29, 0.717) is 22.6 Å². The number of nitrogens with zero attached hydrogens (tertiary/aromatic N) is 4. The molecule has 0 saturated heterocycles. The van der Waals surface area contributed by atoms with Crippen LogP contribution in [-0.4, -0.2) is 39.5 Å². The van der Waals surface area contributed by atoms with Crippen LogP contribution < -0.4 is 15.6 Å². The molecule has 1 amide bonds. The van der Waals surface area contributed by atoms with E-state index in [9.17, 15) is 18.0 Å². The molecule has 0 fully saturated rings. The minimum atomic E-state index is -3.82. The molecule has 2 aromatic carbocycles. The predicted octanol–water partition coefficient (Wildman–Crippen LogP) is 1.60. The van der Waals surface area contributed by atoms with Crippen LogP contribution in [0.1, 0.15) is 16.8 Å². The van der Waals surface area contributed by atoms with Gasteiger partial charge in [0.1, 0.15) is 12.2 Å². The number of hydrogen-bond acceptors (Lipinski definition) is 7. The molecule has 11 nitrogen and oxygen atoms in total. The summed E-state index contributed by atoms with van der Waals surface area (Å²) in [7, 11) is -3.82. The van der Waals surface area contributed by atoms with Gasteiger partial charge in [0, 0.05) is 17.8 Å². The van der Waals surface area contributed by atoms with Gasteiger partial charge in [-0.3, -0.25) is 14.3 Å². The lowest BCUT2D eigenvalue weighted by molar-refractivity contribution is -0.121. The van der Waals surface area contributed by atoms with Gasteiger partial charge in [-0.15, -0.1) is 10.2 Å². The van der Waals surface area contributed by atoms with Crippen LogP contribution in [0.2, 0.25) is 0 Å². The number of aromatic amines is 1. The minimum Gasteiger partial charge on any atom is -0.350 e. The Balaban J connectivity index is 1.46. The highest BCUT2D eigenvalue weighted by Gasteiger charge is 2.17. The van der Waals surface area contributed by atoms with E-state index in [2.05, 4.69) is 30.7 Å². The lowest BCUT2D eigenvalue weighted by Gasteiger charge is -2.14. The number of carbonyl (C=O) groups is 1. The highest BCUT2D eigenvalue weighted by molar-refractivity contribution is 7.91. The normalized spacial score (nSPS) is 11.2. The quantitative estimate of drug-likeness (QED) is 0.320. The molecule has 0 unspecified atom stereocenters. The van der Waals surface area contributed by atoms with Gasteiger partial charge in [0.2, 0.25) is 21.8 Å². The lowest BCUT2D eigenvalue weighted by atomic mass is 10.1. The first-order valence-corrected chi connectivity index (χ1v) is 12.3. The number of tetrazole rings is 1. The summed E-state index contributed by atoms with van der Waals surface area (Å²) in [4.78, 5) is 25.6. The van der Waals surface area contributed by atoms with Crippen molar-refractivity contribution in [1.82, 2.24) is 30.5 Å². The minimum absolute atomic E-state index is 0.123. The molecule has 0 atom stereocenters. The van der Waals surface area contributed by atoms with Crippen molar-refractivity contribution in [2.45, 2.75) is 25.8 Å². The zero-order valence-corrected chi connectivity index (χ0v) is 19.6. The summed E-state index contributed by atoms with van der Waals surface area (Å²) < 4.78 is 28.7. The molecule has 0 bridgehead atoms. The van der Waals surface area contributed by atoms with Gasteiger partial charge in [0.25, 0.3) is 5.56 Å². The second-order valence-corrected chi connectivity index (χ2v) is 9.52. The number of rotatable bonds is 9. The maximum atomic E-state index is 13.0. The van der Waals surface area contributed by atoms with Crippen LogP contribution in [0.3, 0.4) is 0 Å². The lowest BCUT2D eigenvalue weighted by Crippen LogP contribution is -2.34. The van der Waals surface area contributed by atoms with E-state index in [-0.39, 0.29) is 24.5 Å². The Bertz CT molecular complexity index is 1480. The van der Waals surface area contributed by atoms with Crippen molar-refractivity contribution in [2.75, 3.05) is 4.72 Å². The number of benzene rings is 2. The molecule has 35 heavy (non-hydrogen) atoms. The molecule has 12 heteroatoms. The zero-order valence-electron chi connectivity index (χ0n) is 18.8. The molecule has 0 aliphatic heterocycles. The molecule has 2 aromatic heterocycles. The summed E-state index contributed by atoms with van der Waals surface area (Å²) >= 11 is 0. The molecule has 2 heterocycles. The van der Waals surface area contributed by atoms with Crippen molar-refractivity contribution in [2.24, 2.45) is 0 Å². The van der Waals surface area contributed by atoms with Crippen LogP contribution in [0.5, 0.6) is 0 Å². The number of pyridine rings is 1. The fourth-order valence-corrected chi connectivity index (χ4v) is 4.70. The highest BCUT2D eigenvalue weighted by atomic mass is 32.2. The van der Waals surface area contributed by atoms with Gasteiger partial charge >= 0.3 is 0 Å². The third-order valence-electron chi connectivity index (χ3n) is 5.24. The average Bonchev–Trinajstić information content (AvgIpc) is 3.38. The molecule has 0 saturated carbocycles. The molecular weight excluding hydrogens is 470 g/mol. The van der Waals surface area contributed by atoms with Gasteiger partial charge in [0.05, 0.1) is 5.75 Å². The molecule has 4 rings (SSSR count). The monoisotopic (exact) mass is 493 g/mol. The van der Waals surface area contributed by atoms with Gasteiger partial charge in [0.15, 0.2) is 0 Å². The van der Waals surface area contributed by atoms with E-state index in [0.717, 1.165) is 5.56 Å². The number of aryl methyl sites for hydroxylation is 1. The maximum Gasteiger partial charge on any atom is 0.275 e. The first-order valence-electron chi connectivity index (χ1n) is 10.7. The highest BCUT2D eigenvalue weighted by Crippen LogP contribution is 2.18. The first kappa shape index (κ1) is 23.8. The smallest absolute Gasteiger partial charge is 0.275 e. The number of carbonyl (C=O) groups excluding carboxylic acids is 1. The zero-order chi connectivity index (χ0) is 24.8. The topological polar surface area (TPSA) is 152 Å². The molecule has 180 valence electrons. The standard InChI is InChI=1S/C23H23N7O4S/c1-16-11-12-20(27-35(33,34)15-17-7-3-2-4-8-17)23(32)30(16)14-21(31)24-13-18-9-5-6-10-19(18)22-25-28-29-26-22/h2-12,27H,13-15H2,1H3,(H,24,31)(H,25,26,28,29). The van der Waals surface area contributed by atoms with E-state index in [1.54, 1.807) is 43.3 Å². The summed E-state index contributed by atoms with van der Waals surface area (Å²) in [6.45, 7) is 1.58. The Morgan fingerprint density at radius 3 is 2.51 bits per heavy atom. The Hall–Kier alpha value is -4.32. The number of hydrogen-bond donors (Lipinski definition) is 3. The molecule has 3 N–H and O–H groups in total. The molecular formula is C23H23N7O4S. The summed E-state index contributed by atoms with van der Waals surface area (Å²) in [6, 6.07) is 18.9. The van der Waals surface area contributed by atoms with E-state index in [1.807, 2.05) is 24.3 Å². The number of sulfonamides is 1. The van der Waals surface area contributed by atoms with Crippen LogP contribution in [0.15, 0.2) is 71.5 Å². The van der Waals surface area contributed by atoms with Gasteiger partial charge in [-0.25, -0.2) is 8.42 Å². The number of anilines is 1. The van der Waals surface area contributed by atoms with Gasteiger partial charge in [-0.1, -0.05) is 54.6 Å². The van der Waals surface area contributed by atoms with E-state index < -0.39 is 21.5 Å². The second-order valence-electron chi connectivity index (χ2n) is 7.80. The number of nitrogens with one attached hydrogen (secondary N) is 3. The first-order chi connectivity index (χ1) is 16.8. The van der Waals surface area contributed by atoms with Crippen LogP contribution >= 0.6 is 0 Å². The van der Waals surface area contributed by atoms with E-state index >= 15 is 0 Å². The third kappa shape index (κ3) is 5.98. The molecule has 0 aliphatic rings. The van der Waals surface area contributed by atoms with Crippen LogP contribution in [0.4, 0.5) is 5.69 Å². The Morgan fingerprint density at radius 1 is 1.03 bits per heavy atom. The van der Waals surface area contributed by atoms with E-state index in [4.69, 9.17) is 0 Å². The number of amides is 1. The third-order valence-corrected chi connectivity index (χ3v) is 6.48. The Kier molecular flexibility index (Phi) is 7.01. The van der Waals surface area contributed by atoms with Crippen LogP contribution in [0, 0.1) is 6.92 Å². The summed E-state index contributed by atoms with van der Waals surface area (Å²) in [5.74, 6) is -0.290. The Labute approximate surface area is 201 Å². The predicted molar refractivity (Wildman–Crippen MR) is 130 cm³/mol. The Morgan fingerprint density at radius 2 is 1.77 bits per heavy atom. The fourth-order valence-electron chi connectivity index (χ4n) is 3.50. The van der Waals surface area contributed by atoms with Crippen LogP contribution in [-0.2, 0) is 33.7 Å². The molecule has 0 aliphatic carbocycles. The van der Waals surface area contributed by atoms with Gasteiger partial charge in [-0.2, -0.15) is 5.21 Å². The second kappa shape index (κ2) is 10.3. The number of aromatic nitrogens is 5. The van der Waals surface area contributed by atoms with E-state index in [1.165, 1.54) is 10.6 Å². The molecule has 0 radical (unpaired) electrons. The average molecular weight is 494 g/mol. The summed E-state index contributed by atoms with van der Waals surface area (Å²) in [6.07, 6.45) is 0. The van der Waals surface area contributed by atoms with Crippen molar-refractivity contribution in [3.63, 3.8) is 0 Å². The van der Waals surface area contributed by atoms with Crippen molar-refractivity contribution >= 4 is 21.6 Å². The largest absolute Gasteiger partial charge is 0.350 e. The fraction of sp³-hybridized carbons (Fsp3) is 0.174. The van der Waals surface area contributed by atoms with Crippen molar-refractivity contribution in [3.8, 4) is 11.4 Å². The summed E-state index contributed by atoms with van der Waals surface area (Å²) in [5.41, 5.74) is 1.86. The molecule has 0 spiro atoms. The maximum absolute atomic E-state index is 13.0. The van der Waals surface area contributed by atoms with Crippen molar-refractivity contribution < 1.29 is 13.2 Å². The summed E-state index contributed by atoms with van der Waals surface area (Å²) in [5, 5.41) is 16.7. The van der Waals surface area contributed by atoms with Crippen molar-refractivity contribution in [3.05, 3.63) is 93.9 Å². The van der Waals surface area contributed by atoms with Gasteiger partial charge in [-0.05, 0) is 35.4 Å². The van der Waals surface area contributed by atoms with Crippen LogP contribution in [0.25, 0.3) is 11.4 Å². The SMILES string of the molecule is Cc1ccc(NS(=O)(=O)Cc2ccccc2)c(=O)n1CC(=O)NCc1ccccc1-c1nn[nH]n1. The van der Waals surface area contributed by atoms with Gasteiger partial charge < -0.3 is 9.88 Å². The number of H-pyrrole nitrogens is 1. The van der Waals surface area contributed by atoms with Crippen molar-refractivity contribution in [1.29, 1.82) is 0 Å².